The monoisotopic (exact) mass is 2090 g/mol. The Kier molecular flexibility index (Phi) is 47.2. The first-order chi connectivity index (χ1) is 67.9. The summed E-state index contributed by atoms with van der Waals surface area (Å²) < 4.78 is 121. The number of amides is 14. The Balaban J connectivity index is 0.000000355. The van der Waals surface area contributed by atoms with Gasteiger partial charge in [-0.05, 0) is 136 Å². The van der Waals surface area contributed by atoms with Crippen LogP contribution in [0.3, 0.4) is 0 Å². The first-order valence-electron chi connectivity index (χ1n) is 51.7. The molecule has 3 aliphatic carbocycles. The van der Waals surface area contributed by atoms with Crippen molar-refractivity contribution in [3.05, 3.63) is 0 Å². The summed E-state index contributed by atoms with van der Waals surface area (Å²) in [6.45, 7) is 42.4. The number of ether oxygens (including phenoxy) is 8. The molecule has 37 nitrogen and oxygen atoms in total. The number of esters is 8. The smallest absolute Gasteiger partial charge is 0.402 e. The molecule has 0 spiro atoms. The minimum Gasteiger partial charge on any atom is -0.455 e. The summed E-state index contributed by atoms with van der Waals surface area (Å²) in [4.78, 5) is 268. The van der Waals surface area contributed by atoms with E-state index in [0.29, 0.717) is 80.4 Å². The summed E-state index contributed by atoms with van der Waals surface area (Å²) in [7, 11) is 0. The Labute approximate surface area is 852 Å². The van der Waals surface area contributed by atoms with Gasteiger partial charge in [0.2, 0.25) is 76.8 Å². The van der Waals surface area contributed by atoms with Crippen molar-refractivity contribution in [1.82, 2.24) is 34.3 Å². The maximum Gasteiger partial charge on any atom is 0.402 e. The van der Waals surface area contributed by atoms with Crippen LogP contribution in [0.15, 0.2) is 0 Å². The van der Waals surface area contributed by atoms with Crippen LogP contribution in [-0.4, -0.2) is 227 Å². The van der Waals surface area contributed by atoms with Crippen LogP contribution in [0.25, 0.3) is 0 Å². The van der Waals surface area contributed by atoms with Gasteiger partial charge in [0.25, 0.3) is 5.91 Å². The SMILES string of the molecule is CCC(=O)OC1N(C(=O)C(C)(C)CC)C(=O)C1(CC)CC.CCC(=O)OC1N(C(=O)C(C)(CC)C(F)(F)F)C(=O)C1(CC)CC.CCC(=O)OC1N(C(=O)C(C)CC)C(=O)C1(CC)CC.CCC(C)(C(=O)N1C(=O)CC1OC(=O)C1CCCC1)C(F)(F)F.CCC(C)(C)C(=O)N1C(=O)CC1OC(=O)C1CCCC1.CCC(C)C(=O)N1C(=O)CC1OC(=O)C1CCCC1.CCC(C)C(=O)OCC(=O)N1C(=O)CC1OC(C)=O. The fraction of sp³-hybridized carbons (Fsp3) is 0.786. The number of hydrogen-bond acceptors (Lipinski definition) is 30. The number of imide groups is 7. The predicted molar refractivity (Wildman–Crippen MR) is 508 cm³/mol. The number of alkyl halides is 6. The first kappa shape index (κ1) is 128. The van der Waals surface area contributed by atoms with E-state index in [1.54, 1.807) is 76.2 Å². The molecule has 826 valence electrons. The Hall–Kier alpha value is -10.7. The van der Waals surface area contributed by atoms with Crippen molar-refractivity contribution in [1.29, 1.82) is 0 Å². The zero-order valence-corrected chi connectivity index (χ0v) is 90.0. The molecule has 10 aliphatic rings. The van der Waals surface area contributed by atoms with E-state index in [2.05, 4.69) is 0 Å². The molecule has 0 aromatic heterocycles. The number of nitrogens with zero attached hydrogens (tertiary/aromatic N) is 7. The van der Waals surface area contributed by atoms with Crippen molar-refractivity contribution in [3.63, 3.8) is 0 Å². The molecular weight excluding hydrogens is 1930 g/mol. The van der Waals surface area contributed by atoms with E-state index < -0.39 is 173 Å². The average Bonchev–Trinajstić information content (AvgIpc) is 0.729. The van der Waals surface area contributed by atoms with E-state index in [9.17, 15) is 132 Å². The molecule has 0 aromatic carbocycles. The molecule has 0 N–H and O–H groups in total. The van der Waals surface area contributed by atoms with Crippen LogP contribution < -0.4 is 0 Å². The average molecular weight is 2090 g/mol. The second kappa shape index (κ2) is 54.0. The third-order valence-electron chi connectivity index (χ3n) is 30.8. The van der Waals surface area contributed by atoms with Gasteiger partial charge in [-0.3, -0.25) is 105 Å². The highest BCUT2D eigenvalue weighted by atomic mass is 19.4. The van der Waals surface area contributed by atoms with E-state index in [-0.39, 0.29) is 164 Å². The number of likely N-dealkylation sites (tertiary alicyclic amines) is 7. The van der Waals surface area contributed by atoms with E-state index >= 15 is 0 Å². The number of hydrogen-bond donors (Lipinski definition) is 0. The molecular formula is C103H157F6N7O30. The summed E-state index contributed by atoms with van der Waals surface area (Å²) >= 11 is 0. The lowest BCUT2D eigenvalue weighted by molar-refractivity contribution is -0.248. The molecule has 3 saturated carbocycles. The fourth-order valence-electron chi connectivity index (χ4n) is 17.5. The van der Waals surface area contributed by atoms with Crippen LogP contribution >= 0.6 is 0 Å². The maximum absolute atomic E-state index is 13.3. The van der Waals surface area contributed by atoms with E-state index in [4.69, 9.17) is 37.9 Å². The van der Waals surface area contributed by atoms with Gasteiger partial charge in [-0.25, -0.2) is 34.3 Å². The molecule has 10 rings (SSSR count). The minimum atomic E-state index is -4.81. The number of rotatable bonds is 35. The van der Waals surface area contributed by atoms with E-state index in [0.717, 1.165) is 103 Å². The largest absolute Gasteiger partial charge is 0.455 e. The van der Waals surface area contributed by atoms with E-state index in [1.165, 1.54) is 27.7 Å². The van der Waals surface area contributed by atoms with Crippen LogP contribution in [0.4, 0.5) is 26.3 Å². The normalized spacial score (nSPS) is 22.7. The summed E-state index contributed by atoms with van der Waals surface area (Å²) in [5, 5.41) is 0. The second-order valence-corrected chi connectivity index (χ2v) is 40.4. The van der Waals surface area contributed by atoms with Crippen LogP contribution in [0, 0.1) is 73.4 Å². The lowest BCUT2D eigenvalue weighted by Crippen LogP contribution is -2.74. The third kappa shape index (κ3) is 28.3. The van der Waals surface area contributed by atoms with Gasteiger partial charge in [-0.1, -0.05) is 198 Å². The zero-order valence-electron chi connectivity index (χ0n) is 90.0. The lowest BCUT2D eigenvalue weighted by atomic mass is 9.70. The van der Waals surface area contributed by atoms with Crippen LogP contribution in [0.5, 0.6) is 0 Å². The summed E-state index contributed by atoms with van der Waals surface area (Å²) in [6.07, 6.45) is 0.372. The second-order valence-electron chi connectivity index (χ2n) is 40.4. The molecule has 14 amide bonds. The summed E-state index contributed by atoms with van der Waals surface area (Å²) in [5.41, 5.74) is -9.22. The Morgan fingerprint density at radius 3 is 0.842 bits per heavy atom. The number of β-lactam (4-membered cyclic amide) rings is 7. The summed E-state index contributed by atoms with van der Waals surface area (Å²) in [5.74, 6) is -11.9. The van der Waals surface area contributed by atoms with Crippen molar-refractivity contribution < 1.29 is 170 Å². The van der Waals surface area contributed by atoms with Crippen LogP contribution in [0.2, 0.25) is 0 Å². The molecule has 0 bridgehead atoms. The standard InChI is InChI=1S/C16H24F3NO4.C16H27NO4.C15H20F3NO4.C15H23NO4.C15H25NO4.C14H21NO4.C12H17NO6/c1-6-10(21)24-13-15(8-3,9-4)12(23)20(13)11(22)14(5,7-2)16(17,18)19;1-7-11(18)21-14-16(9-3,10-4)13(20)17(14)12(19)15(5,6)8-2;1-3-14(2,15(16,17)18)13(22)19-10(20)8-11(19)23-12(21)9-6-4-5-7-9;1-4-15(2,3)14(19)16-11(17)9-12(16)20-13(18)10-7-5-6-8-10;1-6-10(5)12(18)16-13(19)15(8-3,9-4)14(16)20-11(17)7-2;1-3-9(2)13(17)15-11(16)8-12(15)19-14(18)10-6-4-5-7-10;1-4-7(2)12(17)18-6-10(16)13-9(15)5-11(13)19-8(3)14/h13H,6-9H2,1-5H3;14H,7-10H2,1-6H3;9,11H,3-8H2,1-2H3;10,12H,4-9H2,1-3H3;10,14H,6-9H2,1-5H3;9-10,12H,3-8H2,1-2H3;7,11H,4-6H2,1-3H3. The van der Waals surface area contributed by atoms with Gasteiger partial charge >= 0.3 is 60.1 Å². The highest BCUT2D eigenvalue weighted by molar-refractivity contribution is 6.09. The molecule has 43 heteroatoms. The molecule has 12 atom stereocenters. The van der Waals surface area contributed by atoms with Crippen molar-refractivity contribution in [2.24, 2.45) is 73.4 Å². The number of carbonyl (C=O) groups is 22. The Bertz CT molecular complexity index is 4710. The highest BCUT2D eigenvalue weighted by Crippen LogP contribution is 2.54. The molecule has 0 aromatic rings. The molecule has 146 heavy (non-hydrogen) atoms. The molecule has 0 radical (unpaired) electrons. The predicted octanol–water partition coefficient (Wildman–Crippen LogP) is 15.9. The zero-order chi connectivity index (χ0) is 112. The first-order valence-corrected chi connectivity index (χ1v) is 51.7. The van der Waals surface area contributed by atoms with Crippen LogP contribution in [-0.2, 0) is 143 Å². The lowest BCUT2D eigenvalue weighted by Gasteiger charge is -2.54. The van der Waals surface area contributed by atoms with Crippen molar-refractivity contribution in [2.75, 3.05) is 6.61 Å². The van der Waals surface area contributed by atoms with Gasteiger partial charge in [0.1, 0.15) is 27.1 Å². The number of carbonyl (C=O) groups excluding carboxylic acids is 22. The van der Waals surface area contributed by atoms with E-state index in [1.807, 2.05) is 62.3 Å². The fourth-order valence-corrected chi connectivity index (χ4v) is 17.5. The Morgan fingerprint density at radius 1 is 0.329 bits per heavy atom. The molecule has 12 unspecified atom stereocenters. The van der Waals surface area contributed by atoms with Gasteiger partial charge in [0.05, 0.1) is 49.4 Å². The minimum absolute atomic E-state index is 0.000542. The van der Waals surface area contributed by atoms with Gasteiger partial charge in [-0.2, -0.15) is 26.3 Å². The molecule has 7 aliphatic heterocycles. The topological polar surface area (TPSA) is 472 Å². The molecule has 7 heterocycles. The maximum atomic E-state index is 13.3. The van der Waals surface area contributed by atoms with Crippen molar-refractivity contribution >= 4 is 130 Å². The third-order valence-corrected chi connectivity index (χ3v) is 30.8. The van der Waals surface area contributed by atoms with Gasteiger partial charge in [-0.15, -0.1) is 0 Å². The van der Waals surface area contributed by atoms with Gasteiger partial charge in [0.15, 0.2) is 50.2 Å². The molecule has 10 fully saturated rings. The van der Waals surface area contributed by atoms with Crippen LogP contribution in [0.1, 0.15) is 385 Å². The van der Waals surface area contributed by atoms with Crippen molar-refractivity contribution in [3.8, 4) is 0 Å². The van der Waals surface area contributed by atoms with Gasteiger partial charge < -0.3 is 37.9 Å². The van der Waals surface area contributed by atoms with Crippen molar-refractivity contribution in [2.45, 2.75) is 441 Å². The Morgan fingerprint density at radius 2 is 0.582 bits per heavy atom. The quantitative estimate of drug-likeness (QED) is 0.0246. The van der Waals surface area contributed by atoms with Gasteiger partial charge in [0, 0.05) is 48.9 Å². The highest BCUT2D eigenvalue weighted by Gasteiger charge is 2.70. The molecule has 7 saturated heterocycles. The number of halogens is 6. The summed E-state index contributed by atoms with van der Waals surface area (Å²) in [6, 6.07) is 0.